The highest BCUT2D eigenvalue weighted by Crippen LogP contribution is 2.16. The van der Waals surface area contributed by atoms with Gasteiger partial charge in [-0.3, -0.25) is 16.0 Å². The van der Waals surface area contributed by atoms with Crippen molar-refractivity contribution in [1.82, 2.24) is 15.2 Å². The van der Waals surface area contributed by atoms with Gasteiger partial charge in [0.05, 0.1) is 17.8 Å². The Morgan fingerprint density at radius 1 is 1.35 bits per heavy atom. The molecule has 3 unspecified atom stereocenters. The van der Waals surface area contributed by atoms with Crippen LogP contribution in [-0.4, -0.2) is 28.5 Å². The average molecular weight is 282 g/mol. The predicted molar refractivity (Wildman–Crippen MR) is 82.3 cm³/mol. The van der Waals surface area contributed by atoms with E-state index < -0.39 is 0 Å². The highest BCUT2D eigenvalue weighted by molar-refractivity contribution is 5.03. The topological polar surface area (TPSA) is 65.1 Å². The number of nitrogens with zero attached hydrogens (tertiary/aromatic N) is 2. The second-order valence-electron chi connectivity index (χ2n) is 5.69. The van der Waals surface area contributed by atoms with Crippen molar-refractivity contribution in [3.05, 3.63) is 18.0 Å². The van der Waals surface area contributed by atoms with Crippen molar-refractivity contribution in [2.45, 2.75) is 65.6 Å². The summed E-state index contributed by atoms with van der Waals surface area (Å²) in [7, 11) is 0. The first-order valence-corrected chi connectivity index (χ1v) is 7.65. The quantitative estimate of drug-likeness (QED) is 0.539. The van der Waals surface area contributed by atoms with Gasteiger partial charge in [0, 0.05) is 25.3 Å². The molecule has 0 bridgehead atoms. The summed E-state index contributed by atoms with van der Waals surface area (Å²) in [6.07, 6.45) is 4.00. The first kappa shape index (κ1) is 17.1. The summed E-state index contributed by atoms with van der Waals surface area (Å²) in [5.41, 5.74) is 3.95. The molecule has 1 heterocycles. The highest BCUT2D eigenvalue weighted by atomic mass is 16.5. The first-order chi connectivity index (χ1) is 9.53. The number of hydrogen-bond donors (Lipinski definition) is 2. The Hall–Kier alpha value is -0.910. The van der Waals surface area contributed by atoms with Crippen LogP contribution in [0.25, 0.3) is 0 Å². The molecule has 20 heavy (non-hydrogen) atoms. The van der Waals surface area contributed by atoms with Crippen molar-refractivity contribution in [3.8, 4) is 0 Å². The number of aromatic nitrogens is 2. The van der Waals surface area contributed by atoms with E-state index >= 15 is 0 Å². The van der Waals surface area contributed by atoms with Crippen molar-refractivity contribution in [2.24, 2.45) is 11.8 Å². The van der Waals surface area contributed by atoms with Gasteiger partial charge >= 0.3 is 0 Å². The van der Waals surface area contributed by atoms with Crippen molar-refractivity contribution in [1.29, 1.82) is 0 Å². The van der Waals surface area contributed by atoms with Gasteiger partial charge < -0.3 is 4.74 Å². The van der Waals surface area contributed by atoms with Crippen molar-refractivity contribution in [3.63, 3.8) is 0 Å². The van der Waals surface area contributed by atoms with Crippen LogP contribution in [-0.2, 0) is 11.2 Å². The Bertz CT molecular complexity index is 378. The summed E-state index contributed by atoms with van der Waals surface area (Å²) in [5.74, 6) is 6.13. The van der Waals surface area contributed by atoms with Crippen molar-refractivity contribution in [2.75, 3.05) is 6.61 Å². The molecule has 0 saturated heterocycles. The van der Waals surface area contributed by atoms with Crippen molar-refractivity contribution < 1.29 is 4.74 Å². The lowest BCUT2D eigenvalue weighted by Crippen LogP contribution is -2.49. The summed E-state index contributed by atoms with van der Waals surface area (Å²) >= 11 is 0. The van der Waals surface area contributed by atoms with Gasteiger partial charge in [0.1, 0.15) is 0 Å². The molecule has 0 amide bonds. The molecule has 1 aromatic heterocycles. The normalized spacial score (nSPS) is 16.4. The SMILES string of the molecule is CCOC(C(C)C)C(Cc1ccn(C(C)CC)n1)NN. The minimum atomic E-state index is 0.0789. The van der Waals surface area contributed by atoms with E-state index in [1.54, 1.807) is 0 Å². The van der Waals surface area contributed by atoms with Crippen LogP contribution < -0.4 is 11.3 Å². The fourth-order valence-corrected chi connectivity index (χ4v) is 2.38. The molecule has 3 atom stereocenters. The maximum atomic E-state index is 5.83. The minimum Gasteiger partial charge on any atom is -0.377 e. The number of hydrogen-bond acceptors (Lipinski definition) is 4. The van der Waals surface area contributed by atoms with Crippen LogP contribution in [0.2, 0.25) is 0 Å². The van der Waals surface area contributed by atoms with Gasteiger partial charge in [0.15, 0.2) is 0 Å². The van der Waals surface area contributed by atoms with E-state index in [1.807, 2.05) is 17.8 Å². The molecule has 1 aromatic rings. The molecule has 0 aliphatic carbocycles. The molecule has 0 radical (unpaired) electrons. The smallest absolute Gasteiger partial charge is 0.0767 e. The Kier molecular flexibility index (Phi) is 7.19. The first-order valence-electron chi connectivity index (χ1n) is 7.65. The Labute approximate surface area is 122 Å². The fourth-order valence-electron chi connectivity index (χ4n) is 2.38. The molecule has 5 heteroatoms. The van der Waals surface area contributed by atoms with Crippen LogP contribution >= 0.6 is 0 Å². The van der Waals surface area contributed by atoms with Gasteiger partial charge in [-0.1, -0.05) is 20.8 Å². The van der Waals surface area contributed by atoms with E-state index in [9.17, 15) is 0 Å². The lowest BCUT2D eigenvalue weighted by molar-refractivity contribution is 0.00330. The van der Waals surface area contributed by atoms with Gasteiger partial charge in [-0.2, -0.15) is 5.10 Å². The van der Waals surface area contributed by atoms with Gasteiger partial charge in [-0.15, -0.1) is 0 Å². The minimum absolute atomic E-state index is 0.0789. The van der Waals surface area contributed by atoms with Gasteiger partial charge in [0.2, 0.25) is 0 Å². The van der Waals surface area contributed by atoms with E-state index in [0.717, 1.165) is 18.5 Å². The standard InChI is InChI=1S/C15H30N4O/c1-6-12(5)19-9-8-13(18-19)10-14(17-16)15(11(3)4)20-7-2/h8-9,11-12,14-15,17H,6-7,10,16H2,1-5H3. The molecule has 1 rings (SSSR count). The molecule has 5 nitrogen and oxygen atoms in total. The second-order valence-corrected chi connectivity index (χ2v) is 5.69. The highest BCUT2D eigenvalue weighted by Gasteiger charge is 2.25. The number of hydrazine groups is 1. The fraction of sp³-hybridized carbons (Fsp3) is 0.800. The van der Waals surface area contributed by atoms with Gasteiger partial charge in [-0.25, -0.2) is 0 Å². The molecule has 116 valence electrons. The molecular weight excluding hydrogens is 252 g/mol. The van der Waals surface area contributed by atoms with Crippen LogP contribution in [0.1, 0.15) is 52.8 Å². The van der Waals surface area contributed by atoms with Crippen LogP contribution in [0.3, 0.4) is 0 Å². The molecule has 0 saturated carbocycles. The number of ether oxygens (including phenoxy) is 1. The largest absolute Gasteiger partial charge is 0.377 e. The zero-order valence-corrected chi connectivity index (χ0v) is 13.5. The maximum Gasteiger partial charge on any atom is 0.0767 e. The summed E-state index contributed by atoms with van der Waals surface area (Å²) in [4.78, 5) is 0. The third-order valence-corrected chi connectivity index (χ3v) is 3.76. The van der Waals surface area contributed by atoms with Crippen LogP contribution in [0.5, 0.6) is 0 Å². The summed E-state index contributed by atoms with van der Waals surface area (Å²) in [6, 6.07) is 2.58. The summed E-state index contributed by atoms with van der Waals surface area (Å²) in [5, 5.41) is 4.64. The monoisotopic (exact) mass is 282 g/mol. The molecule has 3 N–H and O–H groups in total. The third kappa shape index (κ3) is 4.58. The second kappa shape index (κ2) is 8.39. The van der Waals surface area contributed by atoms with E-state index in [4.69, 9.17) is 10.6 Å². The van der Waals surface area contributed by atoms with Crippen LogP contribution in [0.4, 0.5) is 0 Å². The van der Waals surface area contributed by atoms with E-state index in [-0.39, 0.29) is 12.1 Å². The Morgan fingerprint density at radius 3 is 2.55 bits per heavy atom. The molecule has 0 aliphatic rings. The summed E-state index contributed by atoms with van der Waals surface area (Å²) < 4.78 is 7.85. The van der Waals surface area contributed by atoms with Crippen LogP contribution in [0, 0.1) is 5.92 Å². The van der Waals surface area contributed by atoms with E-state index in [1.165, 1.54) is 0 Å². The number of rotatable bonds is 9. The third-order valence-electron chi connectivity index (χ3n) is 3.76. The Morgan fingerprint density at radius 2 is 2.05 bits per heavy atom. The van der Waals surface area contributed by atoms with Crippen LogP contribution in [0.15, 0.2) is 12.3 Å². The molecule has 0 spiro atoms. The van der Waals surface area contributed by atoms with Crippen molar-refractivity contribution >= 4 is 0 Å². The van der Waals surface area contributed by atoms with E-state index in [2.05, 4.69) is 44.3 Å². The average Bonchev–Trinajstić information content (AvgIpc) is 2.90. The lowest BCUT2D eigenvalue weighted by Gasteiger charge is -2.29. The lowest BCUT2D eigenvalue weighted by atomic mass is 9.96. The number of nitrogens with one attached hydrogen (secondary N) is 1. The molecular formula is C15H30N4O. The molecule has 0 fully saturated rings. The predicted octanol–water partition coefficient (Wildman–Crippen LogP) is 2.29. The number of nitrogens with two attached hydrogens (primary N) is 1. The molecule has 0 aliphatic heterocycles. The summed E-state index contributed by atoms with van der Waals surface area (Å²) in [6.45, 7) is 11.4. The van der Waals surface area contributed by atoms with Gasteiger partial charge in [-0.05, 0) is 32.3 Å². The zero-order valence-electron chi connectivity index (χ0n) is 13.5. The molecule has 0 aromatic carbocycles. The zero-order chi connectivity index (χ0) is 15.1. The van der Waals surface area contributed by atoms with E-state index in [0.29, 0.717) is 18.6 Å². The maximum absolute atomic E-state index is 5.83. The van der Waals surface area contributed by atoms with Gasteiger partial charge in [0.25, 0.3) is 0 Å². The Balaban J connectivity index is 2.74.